The Morgan fingerprint density at radius 2 is 2.00 bits per heavy atom. The summed E-state index contributed by atoms with van der Waals surface area (Å²) >= 11 is 0. The van der Waals surface area contributed by atoms with Gasteiger partial charge in [-0.1, -0.05) is 30.3 Å². The highest BCUT2D eigenvalue weighted by Crippen LogP contribution is 2.29. The van der Waals surface area contributed by atoms with E-state index in [2.05, 4.69) is 45.2 Å². The second-order valence-electron chi connectivity index (χ2n) is 7.69. The van der Waals surface area contributed by atoms with Crippen molar-refractivity contribution >= 4 is 11.7 Å². The number of rotatable bonds is 4. The summed E-state index contributed by atoms with van der Waals surface area (Å²) in [5, 5.41) is 4.34. The minimum Gasteiger partial charge on any atom is -0.384 e. The standard InChI is InChI=1S/C20H27N5O/c1-15-9-19(21)25(22-15)14-20(26)24-12-17-7-8-18(24)13-23(11-17)10-16-5-3-2-4-6-16/h2-6,9,17-18H,7-8,10-14,21H2,1H3. The van der Waals surface area contributed by atoms with Gasteiger partial charge in [-0.3, -0.25) is 9.69 Å². The number of anilines is 1. The maximum Gasteiger partial charge on any atom is 0.244 e. The molecule has 2 bridgehead atoms. The van der Waals surface area contributed by atoms with Gasteiger partial charge in [0.1, 0.15) is 12.4 Å². The van der Waals surface area contributed by atoms with Crippen molar-refractivity contribution < 1.29 is 4.79 Å². The fraction of sp³-hybridized carbons (Fsp3) is 0.500. The van der Waals surface area contributed by atoms with E-state index < -0.39 is 0 Å². The van der Waals surface area contributed by atoms with Crippen LogP contribution in [0.3, 0.4) is 0 Å². The van der Waals surface area contributed by atoms with Gasteiger partial charge in [0.15, 0.2) is 0 Å². The molecule has 6 nitrogen and oxygen atoms in total. The van der Waals surface area contributed by atoms with E-state index in [0.29, 0.717) is 17.8 Å². The highest BCUT2D eigenvalue weighted by Gasteiger charge is 2.37. The molecule has 0 radical (unpaired) electrons. The second kappa shape index (κ2) is 7.11. The fourth-order valence-corrected chi connectivity index (χ4v) is 4.37. The maximum atomic E-state index is 12.9. The van der Waals surface area contributed by atoms with Crippen LogP contribution in [0.4, 0.5) is 5.82 Å². The van der Waals surface area contributed by atoms with Crippen molar-refractivity contribution in [2.24, 2.45) is 5.92 Å². The molecule has 3 aliphatic heterocycles. The summed E-state index contributed by atoms with van der Waals surface area (Å²) < 4.78 is 1.62. The third-order valence-electron chi connectivity index (χ3n) is 5.58. The van der Waals surface area contributed by atoms with E-state index in [1.807, 2.05) is 13.0 Å². The average Bonchev–Trinajstić information content (AvgIpc) is 2.78. The second-order valence-corrected chi connectivity index (χ2v) is 7.69. The zero-order valence-electron chi connectivity index (χ0n) is 15.3. The molecule has 0 spiro atoms. The number of carbonyl (C=O) groups excluding carboxylic acids is 1. The lowest BCUT2D eigenvalue weighted by atomic mass is 9.95. The lowest BCUT2D eigenvalue weighted by molar-refractivity contribution is -0.136. The van der Waals surface area contributed by atoms with E-state index in [1.165, 1.54) is 12.0 Å². The van der Waals surface area contributed by atoms with Gasteiger partial charge in [0.05, 0.1) is 5.69 Å². The number of amides is 1. The first-order valence-corrected chi connectivity index (χ1v) is 9.44. The van der Waals surface area contributed by atoms with Crippen LogP contribution in [-0.2, 0) is 17.9 Å². The summed E-state index contributed by atoms with van der Waals surface area (Å²) in [6, 6.07) is 12.7. The van der Waals surface area contributed by atoms with Crippen LogP contribution in [0, 0.1) is 12.8 Å². The summed E-state index contributed by atoms with van der Waals surface area (Å²) in [5.74, 6) is 1.25. The maximum absolute atomic E-state index is 12.9. The molecule has 0 aliphatic carbocycles. The summed E-state index contributed by atoms with van der Waals surface area (Å²) in [6.07, 6.45) is 2.30. The number of aromatic nitrogens is 2. The molecule has 1 aromatic heterocycles. The van der Waals surface area contributed by atoms with Crippen molar-refractivity contribution in [3.8, 4) is 0 Å². The smallest absolute Gasteiger partial charge is 0.244 e. The van der Waals surface area contributed by atoms with Gasteiger partial charge in [-0.15, -0.1) is 0 Å². The van der Waals surface area contributed by atoms with Gasteiger partial charge in [0.25, 0.3) is 0 Å². The molecule has 3 saturated heterocycles. The Morgan fingerprint density at radius 1 is 1.19 bits per heavy atom. The zero-order valence-corrected chi connectivity index (χ0v) is 15.3. The molecule has 3 fully saturated rings. The van der Waals surface area contributed by atoms with E-state index in [0.717, 1.165) is 38.3 Å². The number of nitrogen functional groups attached to an aromatic ring is 1. The third kappa shape index (κ3) is 3.60. The minimum absolute atomic E-state index is 0.135. The molecule has 2 unspecified atom stereocenters. The van der Waals surface area contributed by atoms with Gasteiger partial charge < -0.3 is 10.6 Å². The molecule has 6 heteroatoms. The molecule has 26 heavy (non-hydrogen) atoms. The van der Waals surface area contributed by atoms with Crippen LogP contribution in [0.2, 0.25) is 0 Å². The number of benzene rings is 1. The molecule has 1 amide bonds. The molecule has 5 rings (SSSR count). The molecule has 2 aromatic rings. The van der Waals surface area contributed by atoms with Gasteiger partial charge in [-0.25, -0.2) is 4.68 Å². The molecule has 3 aliphatic rings. The Morgan fingerprint density at radius 3 is 2.73 bits per heavy atom. The summed E-state index contributed by atoms with van der Waals surface area (Å²) in [5.41, 5.74) is 8.14. The van der Waals surface area contributed by atoms with E-state index in [9.17, 15) is 4.79 Å². The van der Waals surface area contributed by atoms with Crippen molar-refractivity contribution in [1.82, 2.24) is 19.6 Å². The number of hydrogen-bond acceptors (Lipinski definition) is 4. The molecule has 1 aromatic carbocycles. The lowest BCUT2D eigenvalue weighted by Crippen LogP contribution is -2.48. The van der Waals surface area contributed by atoms with Crippen LogP contribution in [0.25, 0.3) is 0 Å². The van der Waals surface area contributed by atoms with Gasteiger partial charge in [-0.05, 0) is 31.2 Å². The molecule has 0 saturated carbocycles. The third-order valence-corrected chi connectivity index (χ3v) is 5.58. The summed E-state index contributed by atoms with van der Waals surface area (Å²) in [7, 11) is 0. The minimum atomic E-state index is 0.135. The van der Waals surface area contributed by atoms with Crippen molar-refractivity contribution in [2.75, 3.05) is 25.4 Å². The zero-order chi connectivity index (χ0) is 18.1. The Balaban J connectivity index is 1.44. The molecule has 2 atom stereocenters. The first-order chi connectivity index (χ1) is 12.6. The van der Waals surface area contributed by atoms with Crippen molar-refractivity contribution in [3.05, 3.63) is 47.7 Å². The fourth-order valence-electron chi connectivity index (χ4n) is 4.37. The van der Waals surface area contributed by atoms with Gasteiger partial charge in [0, 0.05) is 38.3 Å². The van der Waals surface area contributed by atoms with Gasteiger partial charge in [-0.2, -0.15) is 5.10 Å². The van der Waals surface area contributed by atoms with Crippen LogP contribution < -0.4 is 5.73 Å². The highest BCUT2D eigenvalue weighted by atomic mass is 16.2. The van der Waals surface area contributed by atoms with Crippen molar-refractivity contribution in [1.29, 1.82) is 0 Å². The number of aryl methyl sites for hydroxylation is 1. The van der Waals surface area contributed by atoms with Crippen LogP contribution in [-0.4, -0.2) is 51.2 Å². The van der Waals surface area contributed by atoms with Crippen LogP contribution in [0.15, 0.2) is 36.4 Å². The van der Waals surface area contributed by atoms with E-state index in [-0.39, 0.29) is 12.5 Å². The largest absolute Gasteiger partial charge is 0.384 e. The predicted octanol–water partition coefficient (Wildman–Crippen LogP) is 1.90. The molecule has 4 heterocycles. The van der Waals surface area contributed by atoms with Gasteiger partial charge >= 0.3 is 0 Å². The first kappa shape index (κ1) is 17.1. The van der Waals surface area contributed by atoms with Crippen molar-refractivity contribution in [3.63, 3.8) is 0 Å². The summed E-state index contributed by atoms with van der Waals surface area (Å²) in [4.78, 5) is 17.5. The van der Waals surface area contributed by atoms with Gasteiger partial charge in [0.2, 0.25) is 5.91 Å². The van der Waals surface area contributed by atoms with E-state index in [4.69, 9.17) is 5.73 Å². The van der Waals surface area contributed by atoms with Crippen molar-refractivity contribution in [2.45, 2.75) is 38.9 Å². The number of nitrogens with zero attached hydrogens (tertiary/aromatic N) is 4. The normalized spacial score (nSPS) is 23.2. The Bertz CT molecular complexity index is 772. The number of hydrogen-bond donors (Lipinski definition) is 1. The Hall–Kier alpha value is -2.34. The van der Waals surface area contributed by atoms with E-state index in [1.54, 1.807) is 4.68 Å². The SMILES string of the molecule is Cc1cc(N)n(CC(=O)N2CC3CCC2CN(Cc2ccccc2)C3)n1. The molecule has 138 valence electrons. The number of piperidine rings is 1. The summed E-state index contributed by atoms with van der Waals surface area (Å²) in [6.45, 7) is 5.97. The van der Waals surface area contributed by atoms with Crippen LogP contribution in [0.1, 0.15) is 24.1 Å². The van der Waals surface area contributed by atoms with Crippen LogP contribution >= 0.6 is 0 Å². The molecular weight excluding hydrogens is 326 g/mol. The highest BCUT2D eigenvalue weighted by molar-refractivity contribution is 5.77. The Kier molecular flexibility index (Phi) is 4.68. The van der Waals surface area contributed by atoms with E-state index >= 15 is 0 Å². The quantitative estimate of drug-likeness (QED) is 0.912. The average molecular weight is 353 g/mol. The number of carbonyl (C=O) groups is 1. The number of fused-ring (bicyclic) bond motifs is 4. The van der Waals surface area contributed by atoms with Crippen LogP contribution in [0.5, 0.6) is 0 Å². The monoisotopic (exact) mass is 353 g/mol. The predicted molar refractivity (Wildman–Crippen MR) is 101 cm³/mol. The first-order valence-electron chi connectivity index (χ1n) is 9.44. The lowest BCUT2D eigenvalue weighted by Gasteiger charge is -2.36. The topological polar surface area (TPSA) is 67.4 Å². The molecular formula is C20H27N5O. The Labute approximate surface area is 154 Å². The number of nitrogens with two attached hydrogens (primary N) is 1. The molecule has 2 N–H and O–H groups in total.